The van der Waals surface area contributed by atoms with Crippen LogP contribution in [0.1, 0.15) is 19.3 Å². The summed E-state index contributed by atoms with van der Waals surface area (Å²) >= 11 is 3.35. The zero-order chi connectivity index (χ0) is 19.8. The quantitative estimate of drug-likeness (QED) is 0.700. The Morgan fingerprint density at radius 1 is 0.893 bits per heavy atom. The van der Waals surface area contributed by atoms with Crippen molar-refractivity contribution < 1.29 is 19.1 Å². The molecule has 0 spiro atoms. The van der Waals surface area contributed by atoms with E-state index in [0.717, 1.165) is 30.4 Å². The zero-order valence-electron chi connectivity index (χ0n) is 15.5. The Kier molecular flexibility index (Phi) is 7.31. The third kappa shape index (κ3) is 5.99. The molecule has 0 unspecified atom stereocenters. The average molecular weight is 447 g/mol. The van der Waals surface area contributed by atoms with E-state index in [1.54, 1.807) is 36.4 Å². The van der Waals surface area contributed by atoms with E-state index >= 15 is 0 Å². The Balaban J connectivity index is 1.51. The number of carbonyl (C=O) groups is 2. The van der Waals surface area contributed by atoms with E-state index in [-0.39, 0.29) is 25.0 Å². The topological polar surface area (TPSA) is 67.9 Å². The highest BCUT2D eigenvalue weighted by Gasteiger charge is 2.17. The summed E-state index contributed by atoms with van der Waals surface area (Å²) in [5, 5.41) is 2.77. The van der Waals surface area contributed by atoms with E-state index in [2.05, 4.69) is 21.2 Å². The second kappa shape index (κ2) is 10.1. The molecule has 7 heteroatoms. The predicted octanol–water partition coefficient (Wildman–Crippen LogP) is 3.86. The number of para-hydroxylation sites is 2. The lowest BCUT2D eigenvalue weighted by molar-refractivity contribution is -0.134. The molecule has 1 fully saturated rings. The Bertz CT molecular complexity index is 804. The van der Waals surface area contributed by atoms with E-state index in [1.807, 2.05) is 17.0 Å². The summed E-state index contributed by atoms with van der Waals surface area (Å²) in [4.78, 5) is 26.2. The number of ether oxygens (including phenoxy) is 2. The lowest BCUT2D eigenvalue weighted by Crippen LogP contribution is -2.38. The van der Waals surface area contributed by atoms with Crippen LogP contribution in [0.25, 0.3) is 0 Å². The molecule has 2 aromatic rings. The van der Waals surface area contributed by atoms with Crippen molar-refractivity contribution in [3.63, 3.8) is 0 Å². The van der Waals surface area contributed by atoms with Crippen molar-refractivity contribution in [2.24, 2.45) is 0 Å². The minimum Gasteiger partial charge on any atom is -0.480 e. The Hall–Kier alpha value is -2.54. The molecule has 0 saturated carbocycles. The number of likely N-dealkylation sites (tertiary alicyclic amines) is 1. The van der Waals surface area contributed by atoms with Crippen LogP contribution < -0.4 is 14.8 Å². The van der Waals surface area contributed by atoms with Gasteiger partial charge in [0, 0.05) is 23.2 Å². The number of piperidine rings is 1. The number of amides is 2. The first-order chi connectivity index (χ1) is 13.6. The van der Waals surface area contributed by atoms with Crippen molar-refractivity contribution in [2.45, 2.75) is 19.3 Å². The average Bonchev–Trinajstić information content (AvgIpc) is 2.73. The summed E-state index contributed by atoms with van der Waals surface area (Å²) in [5.74, 6) is 0.577. The van der Waals surface area contributed by atoms with Crippen molar-refractivity contribution >= 4 is 33.4 Å². The number of hydrogen-bond donors (Lipinski definition) is 1. The van der Waals surface area contributed by atoms with Crippen LogP contribution in [0.15, 0.2) is 53.0 Å². The molecule has 1 aliphatic heterocycles. The molecule has 1 saturated heterocycles. The van der Waals surface area contributed by atoms with Gasteiger partial charge in [0.15, 0.2) is 24.7 Å². The standard InChI is InChI=1S/C21H23BrN2O4/c22-16-8-10-17(11-9-16)23-20(25)14-27-18-6-2-3-7-19(18)28-15-21(26)24-12-4-1-5-13-24/h2-3,6-11H,1,4-5,12-15H2,(H,23,25). The first-order valence-electron chi connectivity index (χ1n) is 9.29. The van der Waals surface area contributed by atoms with Crippen LogP contribution in [0.4, 0.5) is 5.69 Å². The zero-order valence-corrected chi connectivity index (χ0v) is 17.1. The van der Waals surface area contributed by atoms with Gasteiger partial charge in [0.1, 0.15) is 0 Å². The van der Waals surface area contributed by atoms with E-state index in [9.17, 15) is 9.59 Å². The highest BCUT2D eigenvalue weighted by Crippen LogP contribution is 2.26. The highest BCUT2D eigenvalue weighted by atomic mass is 79.9. The molecule has 0 bridgehead atoms. The lowest BCUT2D eigenvalue weighted by Gasteiger charge is -2.26. The van der Waals surface area contributed by atoms with Gasteiger partial charge in [0.05, 0.1) is 0 Å². The molecule has 0 aliphatic carbocycles. The third-order valence-corrected chi connectivity index (χ3v) is 4.92. The number of benzene rings is 2. The summed E-state index contributed by atoms with van der Waals surface area (Å²) in [6.07, 6.45) is 3.25. The Morgan fingerprint density at radius 2 is 1.50 bits per heavy atom. The van der Waals surface area contributed by atoms with Crippen molar-refractivity contribution in [1.29, 1.82) is 0 Å². The van der Waals surface area contributed by atoms with Crippen LogP contribution in [0.5, 0.6) is 11.5 Å². The largest absolute Gasteiger partial charge is 0.480 e. The third-order valence-electron chi connectivity index (χ3n) is 4.40. The molecular formula is C21H23BrN2O4. The van der Waals surface area contributed by atoms with Gasteiger partial charge >= 0.3 is 0 Å². The minimum absolute atomic E-state index is 0.0255. The molecule has 148 valence electrons. The number of rotatable bonds is 7. The number of nitrogens with one attached hydrogen (secondary N) is 1. The number of carbonyl (C=O) groups excluding carboxylic acids is 2. The summed E-state index contributed by atoms with van der Waals surface area (Å²) in [5.41, 5.74) is 0.688. The van der Waals surface area contributed by atoms with E-state index in [1.165, 1.54) is 6.42 Å². The van der Waals surface area contributed by atoms with Crippen molar-refractivity contribution in [1.82, 2.24) is 4.90 Å². The first-order valence-corrected chi connectivity index (χ1v) is 10.1. The molecule has 0 radical (unpaired) electrons. The van der Waals surface area contributed by atoms with Gasteiger partial charge in [0.2, 0.25) is 0 Å². The van der Waals surface area contributed by atoms with Crippen molar-refractivity contribution in [3.05, 3.63) is 53.0 Å². The molecule has 6 nitrogen and oxygen atoms in total. The predicted molar refractivity (Wildman–Crippen MR) is 111 cm³/mol. The van der Waals surface area contributed by atoms with Gasteiger partial charge in [0.25, 0.3) is 11.8 Å². The number of hydrogen-bond acceptors (Lipinski definition) is 4. The van der Waals surface area contributed by atoms with Crippen molar-refractivity contribution in [2.75, 3.05) is 31.6 Å². The van der Waals surface area contributed by atoms with E-state index in [0.29, 0.717) is 17.2 Å². The van der Waals surface area contributed by atoms with Gasteiger partial charge in [-0.15, -0.1) is 0 Å². The molecule has 1 N–H and O–H groups in total. The minimum atomic E-state index is -0.276. The molecule has 2 aromatic carbocycles. The molecule has 1 aliphatic rings. The smallest absolute Gasteiger partial charge is 0.262 e. The summed E-state index contributed by atoms with van der Waals surface area (Å²) in [6.45, 7) is 1.38. The maximum absolute atomic E-state index is 12.3. The Morgan fingerprint density at radius 3 is 2.14 bits per heavy atom. The van der Waals surface area contributed by atoms with E-state index < -0.39 is 0 Å². The fourth-order valence-electron chi connectivity index (χ4n) is 2.94. The molecular weight excluding hydrogens is 424 g/mol. The number of halogens is 1. The van der Waals surface area contributed by atoms with Gasteiger partial charge < -0.3 is 19.7 Å². The highest BCUT2D eigenvalue weighted by molar-refractivity contribution is 9.10. The van der Waals surface area contributed by atoms with Crippen LogP contribution in [0.2, 0.25) is 0 Å². The normalized spacial score (nSPS) is 13.7. The van der Waals surface area contributed by atoms with Crippen LogP contribution in [-0.2, 0) is 9.59 Å². The SMILES string of the molecule is O=C(COc1ccccc1OCC(=O)N1CCCCC1)Nc1ccc(Br)cc1. The fraction of sp³-hybridized carbons (Fsp3) is 0.333. The van der Waals surface area contributed by atoms with Crippen LogP contribution in [-0.4, -0.2) is 43.0 Å². The van der Waals surface area contributed by atoms with Gasteiger partial charge in [-0.3, -0.25) is 9.59 Å². The van der Waals surface area contributed by atoms with Gasteiger partial charge in [-0.05, 0) is 55.7 Å². The van der Waals surface area contributed by atoms with E-state index in [4.69, 9.17) is 9.47 Å². The van der Waals surface area contributed by atoms with Crippen LogP contribution >= 0.6 is 15.9 Å². The number of nitrogens with zero attached hydrogens (tertiary/aromatic N) is 1. The molecule has 2 amide bonds. The molecule has 0 atom stereocenters. The van der Waals surface area contributed by atoms with Gasteiger partial charge in [-0.25, -0.2) is 0 Å². The van der Waals surface area contributed by atoms with Crippen LogP contribution in [0, 0.1) is 0 Å². The summed E-state index contributed by atoms with van der Waals surface area (Å²) in [7, 11) is 0. The second-order valence-corrected chi connectivity index (χ2v) is 7.44. The maximum Gasteiger partial charge on any atom is 0.262 e. The second-order valence-electron chi connectivity index (χ2n) is 6.52. The van der Waals surface area contributed by atoms with Crippen LogP contribution in [0.3, 0.4) is 0 Å². The fourth-order valence-corrected chi connectivity index (χ4v) is 3.20. The van der Waals surface area contributed by atoms with Gasteiger partial charge in [-0.2, -0.15) is 0 Å². The molecule has 3 rings (SSSR count). The van der Waals surface area contributed by atoms with Crippen molar-refractivity contribution in [3.8, 4) is 11.5 Å². The molecule has 28 heavy (non-hydrogen) atoms. The van der Waals surface area contributed by atoms with Gasteiger partial charge in [-0.1, -0.05) is 28.1 Å². The lowest BCUT2D eigenvalue weighted by atomic mass is 10.1. The molecule has 1 heterocycles. The summed E-state index contributed by atoms with van der Waals surface area (Å²) < 4.78 is 12.2. The molecule has 0 aromatic heterocycles. The first kappa shape index (κ1) is 20.2. The number of anilines is 1. The maximum atomic E-state index is 12.3. The monoisotopic (exact) mass is 446 g/mol. The summed E-state index contributed by atoms with van der Waals surface area (Å²) in [6, 6.07) is 14.3. The Labute approximate surface area is 172 Å².